The van der Waals surface area contributed by atoms with Crippen molar-refractivity contribution in [3.05, 3.63) is 62.6 Å². The summed E-state index contributed by atoms with van der Waals surface area (Å²) >= 11 is 3.53. The van der Waals surface area contributed by atoms with E-state index in [1.807, 2.05) is 12.1 Å². The Kier molecular flexibility index (Phi) is 5.04. The van der Waals surface area contributed by atoms with Crippen molar-refractivity contribution in [2.75, 3.05) is 7.11 Å². The van der Waals surface area contributed by atoms with Crippen molar-refractivity contribution in [2.24, 2.45) is 5.84 Å². The molecule has 0 saturated carbocycles. The first kappa shape index (κ1) is 16.0. The van der Waals surface area contributed by atoms with Crippen LogP contribution in [0.4, 0.5) is 0 Å². The highest BCUT2D eigenvalue weighted by molar-refractivity contribution is 9.10. The fourth-order valence-electron chi connectivity index (χ4n) is 2.67. The zero-order valence-corrected chi connectivity index (χ0v) is 14.4. The van der Waals surface area contributed by atoms with Gasteiger partial charge < -0.3 is 4.74 Å². The Morgan fingerprint density at radius 1 is 1.10 bits per heavy atom. The van der Waals surface area contributed by atoms with E-state index in [1.54, 1.807) is 7.11 Å². The molecule has 2 rings (SSSR count). The number of nitrogens with two attached hydrogens (primary N) is 1. The van der Waals surface area contributed by atoms with E-state index in [0.29, 0.717) is 0 Å². The second-order valence-electron chi connectivity index (χ2n) is 5.31. The molecule has 3 nitrogen and oxygen atoms in total. The lowest BCUT2D eigenvalue weighted by atomic mass is 9.92. The van der Waals surface area contributed by atoms with Crippen LogP contribution in [0.5, 0.6) is 5.75 Å². The summed E-state index contributed by atoms with van der Waals surface area (Å²) in [6, 6.07) is 10.3. The summed E-state index contributed by atoms with van der Waals surface area (Å²) in [5.74, 6) is 6.70. The third kappa shape index (κ3) is 3.28. The van der Waals surface area contributed by atoms with Gasteiger partial charge in [-0.2, -0.15) is 0 Å². The minimum Gasteiger partial charge on any atom is -0.496 e. The monoisotopic (exact) mass is 348 g/mol. The van der Waals surface area contributed by atoms with Gasteiger partial charge in [0.2, 0.25) is 0 Å². The molecule has 3 N–H and O–H groups in total. The molecule has 2 aromatic carbocycles. The predicted molar refractivity (Wildman–Crippen MR) is 90.5 cm³/mol. The van der Waals surface area contributed by atoms with Crippen LogP contribution in [0.2, 0.25) is 0 Å². The maximum Gasteiger partial charge on any atom is 0.124 e. The van der Waals surface area contributed by atoms with Crippen LogP contribution in [0, 0.1) is 20.8 Å². The maximum atomic E-state index is 5.84. The van der Waals surface area contributed by atoms with Crippen LogP contribution in [-0.4, -0.2) is 7.11 Å². The molecular weight excluding hydrogens is 328 g/mol. The van der Waals surface area contributed by atoms with Gasteiger partial charge >= 0.3 is 0 Å². The molecule has 112 valence electrons. The van der Waals surface area contributed by atoms with E-state index in [1.165, 1.54) is 11.1 Å². The van der Waals surface area contributed by atoms with E-state index in [-0.39, 0.29) is 6.04 Å². The molecule has 21 heavy (non-hydrogen) atoms. The molecule has 0 fully saturated rings. The Morgan fingerprint density at radius 3 is 2.38 bits per heavy atom. The zero-order valence-electron chi connectivity index (χ0n) is 12.8. The summed E-state index contributed by atoms with van der Waals surface area (Å²) in [6.45, 7) is 6.22. The van der Waals surface area contributed by atoms with E-state index in [4.69, 9.17) is 10.6 Å². The molecule has 0 aliphatic carbocycles. The number of benzene rings is 2. The van der Waals surface area contributed by atoms with Gasteiger partial charge in [-0.05, 0) is 55.2 Å². The average Bonchev–Trinajstić information content (AvgIpc) is 2.45. The summed E-state index contributed by atoms with van der Waals surface area (Å²) in [6.07, 6.45) is 0. The van der Waals surface area contributed by atoms with Gasteiger partial charge in [0.25, 0.3) is 0 Å². The molecule has 0 aliphatic rings. The Morgan fingerprint density at radius 2 is 1.81 bits per heavy atom. The van der Waals surface area contributed by atoms with Gasteiger partial charge in [-0.1, -0.05) is 34.1 Å². The summed E-state index contributed by atoms with van der Waals surface area (Å²) in [7, 11) is 1.69. The number of hydrazine groups is 1. The van der Waals surface area contributed by atoms with Crippen LogP contribution < -0.4 is 16.0 Å². The van der Waals surface area contributed by atoms with Crippen LogP contribution in [0.1, 0.15) is 33.9 Å². The third-order valence-corrected chi connectivity index (χ3v) is 4.57. The van der Waals surface area contributed by atoms with Gasteiger partial charge in [-0.15, -0.1) is 0 Å². The molecule has 0 saturated heterocycles. The van der Waals surface area contributed by atoms with Crippen LogP contribution in [-0.2, 0) is 0 Å². The Hall–Kier alpha value is -1.36. The number of rotatable bonds is 4. The number of aryl methyl sites for hydroxylation is 3. The first-order chi connectivity index (χ1) is 9.97. The average molecular weight is 349 g/mol. The minimum atomic E-state index is -0.104. The molecule has 0 bridgehead atoms. The van der Waals surface area contributed by atoms with E-state index >= 15 is 0 Å². The van der Waals surface area contributed by atoms with E-state index in [2.05, 4.69) is 60.3 Å². The highest BCUT2D eigenvalue weighted by atomic mass is 79.9. The van der Waals surface area contributed by atoms with Crippen LogP contribution in [0.3, 0.4) is 0 Å². The zero-order chi connectivity index (χ0) is 15.6. The predicted octanol–water partition coefficient (Wildman–Crippen LogP) is 3.94. The van der Waals surface area contributed by atoms with Crippen LogP contribution in [0.15, 0.2) is 34.8 Å². The van der Waals surface area contributed by atoms with Crippen molar-refractivity contribution < 1.29 is 4.74 Å². The topological polar surface area (TPSA) is 47.3 Å². The number of hydrogen-bond acceptors (Lipinski definition) is 3. The maximum absolute atomic E-state index is 5.84. The lowest BCUT2D eigenvalue weighted by molar-refractivity contribution is 0.403. The lowest BCUT2D eigenvalue weighted by Gasteiger charge is -2.23. The number of ether oxygens (including phenoxy) is 1. The van der Waals surface area contributed by atoms with Gasteiger partial charge in [-0.3, -0.25) is 5.84 Å². The molecule has 2 aromatic rings. The van der Waals surface area contributed by atoms with Gasteiger partial charge in [0.1, 0.15) is 5.75 Å². The molecule has 1 unspecified atom stereocenters. The molecule has 0 spiro atoms. The van der Waals surface area contributed by atoms with Crippen molar-refractivity contribution in [3.8, 4) is 5.75 Å². The molecular formula is C17H21BrN2O. The first-order valence-electron chi connectivity index (χ1n) is 6.85. The molecule has 4 heteroatoms. The van der Waals surface area contributed by atoms with E-state index in [9.17, 15) is 0 Å². The van der Waals surface area contributed by atoms with Gasteiger partial charge in [0.05, 0.1) is 13.2 Å². The summed E-state index contributed by atoms with van der Waals surface area (Å²) in [5, 5.41) is 0. The number of halogens is 1. The van der Waals surface area contributed by atoms with E-state index < -0.39 is 0 Å². The van der Waals surface area contributed by atoms with Crippen molar-refractivity contribution in [2.45, 2.75) is 26.8 Å². The Labute approximate surface area is 134 Å². The molecule has 0 heterocycles. The molecule has 0 aromatic heterocycles. The largest absolute Gasteiger partial charge is 0.496 e. The normalized spacial score (nSPS) is 12.3. The Bertz CT molecular complexity index is 655. The number of nitrogens with one attached hydrogen (secondary N) is 1. The van der Waals surface area contributed by atoms with Gasteiger partial charge in [0, 0.05) is 10.0 Å². The van der Waals surface area contributed by atoms with Crippen molar-refractivity contribution in [3.63, 3.8) is 0 Å². The number of methoxy groups -OCH3 is 1. The van der Waals surface area contributed by atoms with Crippen LogP contribution in [0.25, 0.3) is 0 Å². The lowest BCUT2D eigenvalue weighted by Crippen LogP contribution is -2.30. The fourth-order valence-corrected chi connectivity index (χ4v) is 2.92. The van der Waals surface area contributed by atoms with E-state index in [0.717, 1.165) is 26.9 Å². The van der Waals surface area contributed by atoms with Crippen molar-refractivity contribution in [1.82, 2.24) is 5.43 Å². The SMILES string of the molecule is COc1cc(C)cc(C)c1C(NN)c1ccc(Br)c(C)c1. The smallest absolute Gasteiger partial charge is 0.124 e. The van der Waals surface area contributed by atoms with Crippen molar-refractivity contribution >= 4 is 15.9 Å². The summed E-state index contributed by atoms with van der Waals surface area (Å²) < 4.78 is 6.65. The van der Waals surface area contributed by atoms with Gasteiger partial charge in [-0.25, -0.2) is 5.43 Å². The highest BCUT2D eigenvalue weighted by Gasteiger charge is 2.20. The highest BCUT2D eigenvalue weighted by Crippen LogP contribution is 2.34. The fraction of sp³-hybridized carbons (Fsp3) is 0.294. The van der Waals surface area contributed by atoms with Crippen molar-refractivity contribution in [1.29, 1.82) is 0 Å². The summed E-state index contributed by atoms with van der Waals surface area (Å²) in [4.78, 5) is 0. The number of hydrogen-bond donors (Lipinski definition) is 2. The standard InChI is InChI=1S/C17H21BrN2O/c1-10-7-12(3)16(15(8-10)21-4)17(20-19)13-5-6-14(18)11(2)9-13/h5-9,17,20H,19H2,1-4H3. The quantitative estimate of drug-likeness (QED) is 0.649. The molecule has 0 aliphatic heterocycles. The minimum absolute atomic E-state index is 0.104. The molecule has 1 atom stereocenters. The second-order valence-corrected chi connectivity index (χ2v) is 6.16. The molecule has 0 amide bonds. The second kappa shape index (κ2) is 6.60. The van der Waals surface area contributed by atoms with Gasteiger partial charge in [0.15, 0.2) is 0 Å². The summed E-state index contributed by atoms with van der Waals surface area (Å²) in [5.41, 5.74) is 8.63. The third-order valence-electron chi connectivity index (χ3n) is 3.68. The first-order valence-corrected chi connectivity index (χ1v) is 7.64. The molecule has 0 radical (unpaired) electrons. The Balaban J connectivity index is 2.58. The van der Waals surface area contributed by atoms with Crippen LogP contribution >= 0.6 is 15.9 Å².